The van der Waals surface area contributed by atoms with Crippen LogP contribution in [0.3, 0.4) is 0 Å². The van der Waals surface area contributed by atoms with Crippen LogP contribution < -0.4 is 5.32 Å². The van der Waals surface area contributed by atoms with Crippen LogP contribution in [-0.4, -0.2) is 47.9 Å². The maximum absolute atomic E-state index is 12.5. The first-order valence-corrected chi connectivity index (χ1v) is 9.91. The third-order valence-electron chi connectivity index (χ3n) is 4.48. The smallest absolute Gasteiger partial charge is 0.241 e. The minimum Gasteiger partial charge on any atom is -0.323 e. The first-order chi connectivity index (χ1) is 12.0. The Labute approximate surface area is 162 Å². The van der Waals surface area contributed by atoms with Crippen LogP contribution >= 0.6 is 34.5 Å². The average Bonchev–Trinajstić information content (AvgIpc) is 3.11. The molecule has 1 aliphatic heterocycles. The Morgan fingerprint density at radius 3 is 2.68 bits per heavy atom. The summed E-state index contributed by atoms with van der Waals surface area (Å²) in [6.07, 6.45) is 0. The quantitative estimate of drug-likeness (QED) is 0.820. The standard InChI is InChI=1S/C18H21Cl2N3OS/c1-13(18(24)21-17-11-14(19)4-5-16(17)20)23-8-6-22(7-9-23)12-15-3-2-10-25-15/h2-5,10-11,13H,6-9,12H2,1H3,(H,21,24)/t13-/m1/s1. The van der Waals surface area contributed by atoms with E-state index in [2.05, 4.69) is 32.6 Å². The monoisotopic (exact) mass is 397 g/mol. The van der Waals surface area contributed by atoms with Crippen molar-refractivity contribution in [1.82, 2.24) is 9.80 Å². The number of amides is 1. The molecule has 3 rings (SSSR count). The Morgan fingerprint density at radius 1 is 1.24 bits per heavy atom. The highest BCUT2D eigenvalue weighted by Gasteiger charge is 2.26. The second-order valence-corrected chi connectivity index (χ2v) is 8.06. The number of piperazine rings is 1. The van der Waals surface area contributed by atoms with Gasteiger partial charge >= 0.3 is 0 Å². The lowest BCUT2D eigenvalue weighted by Gasteiger charge is -2.37. The van der Waals surface area contributed by atoms with E-state index in [1.807, 2.05) is 6.92 Å². The minimum absolute atomic E-state index is 0.0594. The number of nitrogens with one attached hydrogen (secondary N) is 1. The molecule has 1 amide bonds. The van der Waals surface area contributed by atoms with Gasteiger partial charge in [0, 0.05) is 42.6 Å². The summed E-state index contributed by atoms with van der Waals surface area (Å²) in [4.78, 5) is 18.6. The predicted molar refractivity (Wildman–Crippen MR) is 106 cm³/mol. The van der Waals surface area contributed by atoms with E-state index < -0.39 is 0 Å². The van der Waals surface area contributed by atoms with Gasteiger partial charge in [-0.25, -0.2) is 0 Å². The Bertz CT molecular complexity index is 715. The molecule has 1 saturated heterocycles. The first kappa shape index (κ1) is 18.7. The Hall–Kier alpha value is -1.11. The van der Waals surface area contributed by atoms with E-state index in [-0.39, 0.29) is 11.9 Å². The van der Waals surface area contributed by atoms with Crippen molar-refractivity contribution in [2.45, 2.75) is 19.5 Å². The number of anilines is 1. The SMILES string of the molecule is C[C@H](C(=O)Nc1cc(Cl)ccc1Cl)N1CCN(Cc2cccs2)CC1. The van der Waals surface area contributed by atoms with Gasteiger partial charge in [-0.3, -0.25) is 14.6 Å². The van der Waals surface area contributed by atoms with Crippen molar-refractivity contribution in [2.24, 2.45) is 0 Å². The molecule has 1 aromatic heterocycles. The highest BCUT2D eigenvalue weighted by Crippen LogP contribution is 2.26. The predicted octanol–water partition coefficient (Wildman–Crippen LogP) is 4.20. The van der Waals surface area contributed by atoms with E-state index in [1.165, 1.54) is 4.88 Å². The first-order valence-electron chi connectivity index (χ1n) is 8.27. The summed E-state index contributed by atoms with van der Waals surface area (Å²) in [5.74, 6) is -0.0594. The van der Waals surface area contributed by atoms with Crippen molar-refractivity contribution < 1.29 is 4.79 Å². The number of thiophene rings is 1. The molecule has 0 bridgehead atoms. The molecule has 2 heterocycles. The molecule has 1 fully saturated rings. The normalized spacial score (nSPS) is 17.4. The van der Waals surface area contributed by atoms with Crippen LogP contribution in [-0.2, 0) is 11.3 Å². The van der Waals surface area contributed by atoms with Gasteiger partial charge in [-0.05, 0) is 36.6 Å². The highest BCUT2D eigenvalue weighted by atomic mass is 35.5. The maximum atomic E-state index is 12.5. The van der Waals surface area contributed by atoms with Crippen LogP contribution in [0.15, 0.2) is 35.7 Å². The van der Waals surface area contributed by atoms with Crippen LogP contribution in [0.5, 0.6) is 0 Å². The second kappa shape index (κ2) is 8.52. The van der Waals surface area contributed by atoms with Crippen LogP contribution in [0.2, 0.25) is 10.0 Å². The summed E-state index contributed by atoms with van der Waals surface area (Å²) in [6, 6.07) is 9.11. The van der Waals surface area contributed by atoms with Crippen molar-refractivity contribution in [3.8, 4) is 0 Å². The van der Waals surface area contributed by atoms with Crippen molar-refractivity contribution in [2.75, 3.05) is 31.5 Å². The third kappa shape index (κ3) is 4.96. The van der Waals surface area contributed by atoms with Crippen LogP contribution in [0.1, 0.15) is 11.8 Å². The molecule has 134 valence electrons. The fourth-order valence-corrected chi connectivity index (χ4v) is 4.01. The van der Waals surface area contributed by atoms with Gasteiger partial charge in [-0.1, -0.05) is 29.3 Å². The molecule has 1 N–H and O–H groups in total. The van der Waals surface area contributed by atoms with E-state index >= 15 is 0 Å². The zero-order valence-electron chi connectivity index (χ0n) is 14.0. The van der Waals surface area contributed by atoms with Crippen molar-refractivity contribution in [3.05, 3.63) is 50.6 Å². The van der Waals surface area contributed by atoms with Gasteiger partial charge in [0.25, 0.3) is 0 Å². The molecule has 1 aliphatic rings. The van der Waals surface area contributed by atoms with Crippen molar-refractivity contribution in [3.63, 3.8) is 0 Å². The second-order valence-electron chi connectivity index (χ2n) is 6.18. The molecule has 2 aromatic rings. The molecule has 25 heavy (non-hydrogen) atoms. The lowest BCUT2D eigenvalue weighted by molar-refractivity contribution is -0.121. The number of halogens is 2. The Morgan fingerprint density at radius 2 is 2.00 bits per heavy atom. The topological polar surface area (TPSA) is 35.6 Å². The van der Waals surface area contributed by atoms with Gasteiger partial charge in [-0.15, -0.1) is 11.3 Å². The van der Waals surface area contributed by atoms with Gasteiger partial charge in [-0.2, -0.15) is 0 Å². The number of carbonyl (C=O) groups excluding carboxylic acids is 1. The Kier molecular flexibility index (Phi) is 6.36. The summed E-state index contributed by atoms with van der Waals surface area (Å²) in [5, 5.41) is 6.04. The number of nitrogens with zero attached hydrogens (tertiary/aromatic N) is 2. The van der Waals surface area contributed by atoms with E-state index in [1.54, 1.807) is 29.5 Å². The van der Waals surface area contributed by atoms with Crippen LogP contribution in [0, 0.1) is 0 Å². The van der Waals surface area contributed by atoms with E-state index in [0.717, 1.165) is 32.7 Å². The molecular weight excluding hydrogens is 377 g/mol. The number of benzene rings is 1. The third-order valence-corrected chi connectivity index (χ3v) is 5.91. The van der Waals surface area contributed by atoms with Crippen molar-refractivity contribution >= 4 is 46.1 Å². The fourth-order valence-electron chi connectivity index (χ4n) is 2.93. The molecule has 1 aromatic carbocycles. The molecule has 0 unspecified atom stereocenters. The number of rotatable bonds is 5. The minimum atomic E-state index is -0.209. The fraction of sp³-hybridized carbons (Fsp3) is 0.389. The molecular formula is C18H21Cl2N3OS. The summed E-state index contributed by atoms with van der Waals surface area (Å²) >= 11 is 13.9. The molecule has 4 nitrogen and oxygen atoms in total. The molecule has 0 radical (unpaired) electrons. The van der Waals surface area contributed by atoms with E-state index in [4.69, 9.17) is 23.2 Å². The number of hydrogen-bond acceptors (Lipinski definition) is 4. The lowest BCUT2D eigenvalue weighted by atomic mass is 10.2. The molecule has 0 aliphatic carbocycles. The van der Waals surface area contributed by atoms with Crippen molar-refractivity contribution in [1.29, 1.82) is 0 Å². The average molecular weight is 398 g/mol. The molecule has 0 saturated carbocycles. The summed E-state index contributed by atoms with van der Waals surface area (Å²) in [5.41, 5.74) is 0.558. The summed E-state index contributed by atoms with van der Waals surface area (Å²) in [7, 11) is 0. The molecule has 0 spiro atoms. The maximum Gasteiger partial charge on any atom is 0.241 e. The largest absolute Gasteiger partial charge is 0.323 e. The van der Waals surface area contributed by atoms with E-state index in [0.29, 0.717) is 15.7 Å². The van der Waals surface area contributed by atoms with Crippen LogP contribution in [0.25, 0.3) is 0 Å². The lowest BCUT2D eigenvalue weighted by Crippen LogP contribution is -2.52. The highest BCUT2D eigenvalue weighted by molar-refractivity contribution is 7.09. The summed E-state index contributed by atoms with van der Waals surface area (Å²) in [6.45, 7) is 6.61. The van der Waals surface area contributed by atoms with E-state index in [9.17, 15) is 4.79 Å². The van der Waals surface area contributed by atoms with Gasteiger partial charge in [0.2, 0.25) is 5.91 Å². The van der Waals surface area contributed by atoms with Gasteiger partial charge < -0.3 is 5.32 Å². The molecule has 7 heteroatoms. The Balaban J connectivity index is 1.52. The number of carbonyl (C=O) groups is 1. The summed E-state index contributed by atoms with van der Waals surface area (Å²) < 4.78 is 0. The molecule has 1 atom stereocenters. The van der Waals surface area contributed by atoms with Gasteiger partial charge in [0.05, 0.1) is 16.8 Å². The van der Waals surface area contributed by atoms with Gasteiger partial charge in [0.1, 0.15) is 0 Å². The zero-order valence-corrected chi connectivity index (χ0v) is 16.4. The van der Waals surface area contributed by atoms with Gasteiger partial charge in [0.15, 0.2) is 0 Å². The zero-order chi connectivity index (χ0) is 17.8. The number of hydrogen-bond donors (Lipinski definition) is 1. The van der Waals surface area contributed by atoms with Crippen LogP contribution in [0.4, 0.5) is 5.69 Å².